The Balaban J connectivity index is 1.31. The average molecular weight is 628 g/mol. The lowest BCUT2D eigenvalue weighted by Gasteiger charge is -2.36. The highest BCUT2D eigenvalue weighted by Gasteiger charge is 2.37. The molecule has 2 N–H and O–H groups in total. The van der Waals surface area contributed by atoms with Crippen molar-refractivity contribution in [2.45, 2.75) is 77.7 Å². The summed E-state index contributed by atoms with van der Waals surface area (Å²) in [4.78, 5) is 27.0. The Kier molecular flexibility index (Phi) is 9.69. The summed E-state index contributed by atoms with van der Waals surface area (Å²) in [5, 5.41) is 11.4. The second-order valence-corrected chi connectivity index (χ2v) is 18.2. The molecule has 1 saturated carbocycles. The van der Waals surface area contributed by atoms with E-state index in [1.165, 1.54) is 0 Å². The second kappa shape index (κ2) is 13.5. The molecule has 3 heterocycles. The number of benzene rings is 1. The first-order valence-electron chi connectivity index (χ1n) is 15.6. The number of ether oxygens (including phenoxy) is 1. The SMILES string of the molecule is C[C@@H](CCO[Si](C)(C)C(C)(C)C)Nc1cc(Nc2ccnc(-c3cnn(C)c3OCc3ccccc3)n2)ncc1C(=O)C1CC1. The van der Waals surface area contributed by atoms with Gasteiger partial charge in [-0.1, -0.05) is 51.1 Å². The third-order valence-corrected chi connectivity index (χ3v) is 13.1. The van der Waals surface area contributed by atoms with Crippen LogP contribution in [0.1, 0.15) is 62.9 Å². The number of carbonyl (C=O) groups excluding carboxylic acids is 1. The predicted molar refractivity (Wildman–Crippen MR) is 180 cm³/mol. The van der Waals surface area contributed by atoms with Crippen molar-refractivity contribution in [1.29, 1.82) is 0 Å². The lowest BCUT2D eigenvalue weighted by molar-refractivity contribution is 0.0968. The molecule has 1 atom stereocenters. The summed E-state index contributed by atoms with van der Waals surface area (Å²) >= 11 is 0. The first-order valence-corrected chi connectivity index (χ1v) is 18.6. The van der Waals surface area contributed by atoms with Crippen LogP contribution in [-0.2, 0) is 18.1 Å². The minimum absolute atomic E-state index is 0.0885. The number of Topliss-reactive ketones (excluding diaryl/α,β-unsaturated/α-hetero) is 1. The van der Waals surface area contributed by atoms with Crippen molar-refractivity contribution in [2.75, 3.05) is 17.2 Å². The zero-order valence-electron chi connectivity index (χ0n) is 27.4. The fraction of sp³-hybridized carbons (Fsp3) is 0.441. The zero-order chi connectivity index (χ0) is 32.2. The Morgan fingerprint density at radius 3 is 2.56 bits per heavy atom. The van der Waals surface area contributed by atoms with Gasteiger partial charge in [-0.05, 0) is 55.9 Å². The molecule has 3 aromatic heterocycles. The van der Waals surface area contributed by atoms with E-state index in [-0.39, 0.29) is 22.8 Å². The monoisotopic (exact) mass is 627 g/mol. The molecule has 0 aliphatic heterocycles. The number of carbonyl (C=O) groups is 1. The molecular formula is C34H45N7O3Si. The Hall–Kier alpha value is -4.09. The van der Waals surface area contributed by atoms with E-state index < -0.39 is 8.32 Å². The van der Waals surface area contributed by atoms with Crippen LogP contribution in [0.15, 0.2) is 61.1 Å². The van der Waals surface area contributed by atoms with Crippen molar-refractivity contribution in [3.05, 3.63) is 72.2 Å². The third kappa shape index (κ3) is 8.14. The van der Waals surface area contributed by atoms with E-state index in [0.29, 0.717) is 47.7 Å². The summed E-state index contributed by atoms with van der Waals surface area (Å²) in [6.07, 6.45) is 7.75. The molecule has 1 aliphatic carbocycles. The topological polar surface area (TPSA) is 116 Å². The van der Waals surface area contributed by atoms with E-state index >= 15 is 0 Å². The maximum atomic E-state index is 13.2. The van der Waals surface area contributed by atoms with Gasteiger partial charge in [-0.3, -0.25) is 4.79 Å². The van der Waals surface area contributed by atoms with Crippen LogP contribution in [0.25, 0.3) is 11.4 Å². The van der Waals surface area contributed by atoms with Crippen molar-refractivity contribution < 1.29 is 14.0 Å². The summed E-state index contributed by atoms with van der Waals surface area (Å²) in [6, 6.07) is 13.7. The van der Waals surface area contributed by atoms with Gasteiger partial charge >= 0.3 is 0 Å². The number of ketones is 1. The molecule has 5 rings (SSSR count). The summed E-state index contributed by atoms with van der Waals surface area (Å²) in [6.45, 7) is 14.5. The number of aromatic nitrogens is 5. The Morgan fingerprint density at radius 1 is 1.09 bits per heavy atom. The molecule has 0 saturated heterocycles. The first kappa shape index (κ1) is 32.3. The van der Waals surface area contributed by atoms with Crippen LogP contribution in [0, 0.1) is 5.92 Å². The fourth-order valence-electron chi connectivity index (χ4n) is 4.62. The van der Waals surface area contributed by atoms with Crippen LogP contribution < -0.4 is 15.4 Å². The maximum Gasteiger partial charge on any atom is 0.223 e. The number of rotatable bonds is 14. The summed E-state index contributed by atoms with van der Waals surface area (Å²) in [5.41, 5.74) is 3.13. The quantitative estimate of drug-likeness (QED) is 0.109. The zero-order valence-corrected chi connectivity index (χ0v) is 28.4. The first-order chi connectivity index (χ1) is 21.4. The minimum Gasteiger partial charge on any atom is -0.472 e. The lowest BCUT2D eigenvalue weighted by Crippen LogP contribution is -2.41. The molecule has 11 heteroatoms. The van der Waals surface area contributed by atoms with Gasteiger partial charge in [-0.2, -0.15) is 5.10 Å². The predicted octanol–water partition coefficient (Wildman–Crippen LogP) is 7.40. The van der Waals surface area contributed by atoms with E-state index in [0.717, 1.165) is 30.5 Å². The smallest absolute Gasteiger partial charge is 0.223 e. The second-order valence-electron chi connectivity index (χ2n) is 13.3. The highest BCUT2D eigenvalue weighted by molar-refractivity contribution is 6.74. The van der Waals surface area contributed by atoms with Crippen molar-refractivity contribution in [2.24, 2.45) is 13.0 Å². The molecule has 0 bridgehead atoms. The molecular weight excluding hydrogens is 583 g/mol. The molecule has 1 fully saturated rings. The number of aryl methyl sites for hydroxylation is 1. The molecule has 45 heavy (non-hydrogen) atoms. The maximum absolute atomic E-state index is 13.2. The lowest BCUT2D eigenvalue weighted by atomic mass is 10.1. The Morgan fingerprint density at radius 2 is 1.84 bits per heavy atom. The number of hydrogen-bond acceptors (Lipinski definition) is 9. The molecule has 4 aromatic rings. The molecule has 0 radical (unpaired) electrons. The van der Waals surface area contributed by atoms with Crippen LogP contribution in [-0.4, -0.2) is 51.5 Å². The number of nitrogens with one attached hydrogen (secondary N) is 2. The van der Waals surface area contributed by atoms with E-state index in [1.807, 2.05) is 43.4 Å². The van der Waals surface area contributed by atoms with Gasteiger partial charge in [0.2, 0.25) is 5.88 Å². The average Bonchev–Trinajstić information content (AvgIpc) is 3.78. The van der Waals surface area contributed by atoms with Gasteiger partial charge in [-0.15, -0.1) is 0 Å². The van der Waals surface area contributed by atoms with E-state index in [4.69, 9.17) is 14.1 Å². The van der Waals surface area contributed by atoms with Gasteiger partial charge in [0.15, 0.2) is 19.9 Å². The summed E-state index contributed by atoms with van der Waals surface area (Å²) < 4.78 is 14.2. The molecule has 10 nitrogen and oxygen atoms in total. The molecule has 1 aromatic carbocycles. The highest BCUT2D eigenvalue weighted by atomic mass is 28.4. The van der Waals surface area contributed by atoms with Gasteiger partial charge in [0.25, 0.3) is 0 Å². The van der Waals surface area contributed by atoms with Crippen LogP contribution in [0.5, 0.6) is 5.88 Å². The van der Waals surface area contributed by atoms with Gasteiger partial charge in [-0.25, -0.2) is 19.6 Å². The van der Waals surface area contributed by atoms with Crippen LogP contribution in [0.4, 0.5) is 17.3 Å². The number of nitrogens with zero attached hydrogens (tertiary/aromatic N) is 5. The van der Waals surface area contributed by atoms with Crippen molar-refractivity contribution >= 4 is 31.4 Å². The normalized spacial score (nSPS) is 14.2. The van der Waals surface area contributed by atoms with Crippen molar-refractivity contribution in [3.63, 3.8) is 0 Å². The van der Waals surface area contributed by atoms with Crippen LogP contribution in [0.2, 0.25) is 18.1 Å². The van der Waals surface area contributed by atoms with Crippen LogP contribution in [0.3, 0.4) is 0 Å². The Labute approximate surface area is 267 Å². The van der Waals surface area contributed by atoms with Crippen LogP contribution >= 0.6 is 0 Å². The fourth-order valence-corrected chi connectivity index (χ4v) is 5.68. The molecule has 1 aliphatic rings. The summed E-state index contributed by atoms with van der Waals surface area (Å²) in [5.74, 6) is 2.43. The van der Waals surface area contributed by atoms with Crippen molar-refractivity contribution in [1.82, 2.24) is 24.7 Å². The van der Waals surface area contributed by atoms with E-state index in [2.05, 4.69) is 66.5 Å². The van der Waals surface area contributed by atoms with Gasteiger partial charge in [0, 0.05) is 44.1 Å². The largest absolute Gasteiger partial charge is 0.472 e. The van der Waals surface area contributed by atoms with E-state index in [1.54, 1.807) is 29.3 Å². The number of anilines is 3. The molecule has 0 amide bonds. The molecule has 0 unspecified atom stereocenters. The Bertz CT molecular complexity index is 1610. The van der Waals surface area contributed by atoms with Gasteiger partial charge in [0.05, 0.1) is 17.4 Å². The van der Waals surface area contributed by atoms with Gasteiger partial charge in [0.1, 0.15) is 23.8 Å². The highest BCUT2D eigenvalue weighted by Crippen LogP contribution is 2.37. The molecule has 238 valence electrons. The van der Waals surface area contributed by atoms with E-state index in [9.17, 15) is 4.79 Å². The van der Waals surface area contributed by atoms with Gasteiger partial charge < -0.3 is 19.8 Å². The van der Waals surface area contributed by atoms with Crippen molar-refractivity contribution in [3.8, 4) is 17.3 Å². The molecule has 0 spiro atoms. The third-order valence-electron chi connectivity index (χ3n) is 8.59. The standard InChI is InChI=1S/C34H45N7O3Si/c1-23(16-18-44-45(6,7)34(2,3)4)38-28-19-30(36-20-26(28)31(42)25-13-14-25)39-29-15-17-35-32(40-29)27-21-37-41(5)33(27)43-22-24-11-9-8-10-12-24/h8-12,15,17,19-21,23,25H,13-14,16,18,22H2,1-7H3,(H2,35,36,38,39,40)/t23-/m0/s1. The number of hydrogen-bond donors (Lipinski definition) is 2. The number of pyridine rings is 1. The minimum atomic E-state index is -1.83. The summed E-state index contributed by atoms with van der Waals surface area (Å²) in [7, 11) is -0.00183.